The van der Waals surface area contributed by atoms with Crippen LogP contribution in [0.1, 0.15) is 45.9 Å². The third-order valence-electron chi connectivity index (χ3n) is 6.09. The molecular weight excluding hydrogens is 440 g/mol. The van der Waals surface area contributed by atoms with Gasteiger partial charge < -0.3 is 14.7 Å². The van der Waals surface area contributed by atoms with Crippen molar-refractivity contribution in [1.82, 2.24) is 19.8 Å². The second-order valence-corrected chi connectivity index (χ2v) is 8.51. The quantitative estimate of drug-likeness (QED) is 0.435. The molecule has 1 aliphatic rings. The van der Waals surface area contributed by atoms with E-state index in [1.807, 2.05) is 12.1 Å². The minimum atomic E-state index is -0.419. The normalized spacial score (nSPS) is 14.3. The first-order chi connectivity index (χ1) is 16.2. The standard InChI is InChI=1S/C23H26N6O5/c1-14-12-20(26-34-14)24-22(30)18-8-10-27(11-9-18)23(31)19-6-4-17(5-7-19)13-28-16(3)21(29(32)33)15(2)25-28/h4-7,12,18H,8-11,13H2,1-3H3,(H,24,26,30). The SMILES string of the molecule is Cc1cc(NC(=O)C2CCN(C(=O)c3ccc(Cn4nc(C)c([N+](=O)[O-])c4C)cc3)CC2)no1. The van der Waals surface area contributed by atoms with E-state index in [4.69, 9.17) is 4.52 Å². The zero-order valence-electron chi connectivity index (χ0n) is 19.3. The summed E-state index contributed by atoms with van der Waals surface area (Å²) in [5.41, 5.74) is 2.34. The third-order valence-corrected chi connectivity index (χ3v) is 6.09. The van der Waals surface area contributed by atoms with Crippen LogP contribution in [0.3, 0.4) is 0 Å². The maximum Gasteiger partial charge on any atom is 0.312 e. The van der Waals surface area contributed by atoms with Crippen molar-refractivity contribution in [2.75, 3.05) is 18.4 Å². The van der Waals surface area contributed by atoms with E-state index in [0.29, 0.717) is 61.0 Å². The van der Waals surface area contributed by atoms with Crippen molar-refractivity contribution in [3.8, 4) is 0 Å². The highest BCUT2D eigenvalue weighted by Crippen LogP contribution is 2.24. The number of nitro groups is 1. The molecule has 1 saturated heterocycles. The Morgan fingerprint density at radius 3 is 2.41 bits per heavy atom. The maximum absolute atomic E-state index is 12.9. The summed E-state index contributed by atoms with van der Waals surface area (Å²) in [5.74, 6) is 0.635. The highest BCUT2D eigenvalue weighted by Gasteiger charge is 2.28. The number of piperidine rings is 1. The molecule has 34 heavy (non-hydrogen) atoms. The molecule has 2 aromatic heterocycles. The summed E-state index contributed by atoms with van der Waals surface area (Å²) in [5, 5.41) is 22.0. The number of nitrogens with zero attached hydrogens (tertiary/aromatic N) is 5. The van der Waals surface area contributed by atoms with Gasteiger partial charge in [-0.05, 0) is 51.3 Å². The third kappa shape index (κ3) is 4.82. The smallest absolute Gasteiger partial charge is 0.312 e. The molecule has 2 amide bonds. The molecule has 4 rings (SSSR count). The maximum atomic E-state index is 12.9. The Labute approximate surface area is 195 Å². The first-order valence-electron chi connectivity index (χ1n) is 11.0. The van der Waals surface area contributed by atoms with Crippen LogP contribution in [0, 0.1) is 36.8 Å². The fourth-order valence-electron chi connectivity index (χ4n) is 4.21. The van der Waals surface area contributed by atoms with E-state index in [9.17, 15) is 19.7 Å². The molecule has 1 aromatic carbocycles. The Morgan fingerprint density at radius 2 is 1.85 bits per heavy atom. The largest absolute Gasteiger partial charge is 0.360 e. The van der Waals surface area contributed by atoms with E-state index >= 15 is 0 Å². The van der Waals surface area contributed by atoms with Gasteiger partial charge in [-0.3, -0.25) is 24.4 Å². The summed E-state index contributed by atoms with van der Waals surface area (Å²) in [6, 6.07) is 8.83. The second-order valence-electron chi connectivity index (χ2n) is 8.51. The number of hydrogen-bond acceptors (Lipinski definition) is 7. The van der Waals surface area contributed by atoms with Gasteiger partial charge >= 0.3 is 5.69 Å². The Bertz CT molecular complexity index is 1220. The van der Waals surface area contributed by atoms with Crippen LogP contribution < -0.4 is 5.32 Å². The molecule has 0 atom stereocenters. The van der Waals surface area contributed by atoms with Gasteiger partial charge in [-0.2, -0.15) is 5.10 Å². The zero-order valence-corrected chi connectivity index (χ0v) is 19.3. The fraction of sp³-hybridized carbons (Fsp3) is 0.391. The van der Waals surface area contributed by atoms with Gasteiger partial charge in [0.15, 0.2) is 5.82 Å². The van der Waals surface area contributed by atoms with E-state index in [0.717, 1.165) is 5.56 Å². The van der Waals surface area contributed by atoms with E-state index in [2.05, 4.69) is 15.6 Å². The molecule has 1 N–H and O–H groups in total. The lowest BCUT2D eigenvalue weighted by molar-refractivity contribution is -0.386. The van der Waals surface area contributed by atoms with Gasteiger partial charge in [-0.15, -0.1) is 0 Å². The van der Waals surface area contributed by atoms with Crippen LogP contribution in [0.4, 0.5) is 11.5 Å². The predicted molar refractivity (Wildman–Crippen MR) is 122 cm³/mol. The van der Waals surface area contributed by atoms with Gasteiger partial charge in [-0.1, -0.05) is 17.3 Å². The number of carbonyl (C=O) groups excluding carboxylic acids is 2. The average Bonchev–Trinajstić information content (AvgIpc) is 3.35. The molecule has 0 saturated carbocycles. The minimum absolute atomic E-state index is 0.0278. The number of aromatic nitrogens is 3. The number of hydrogen-bond donors (Lipinski definition) is 1. The molecule has 11 nitrogen and oxygen atoms in total. The number of amides is 2. The summed E-state index contributed by atoms with van der Waals surface area (Å²) in [6.07, 6.45) is 1.15. The lowest BCUT2D eigenvalue weighted by atomic mass is 9.95. The van der Waals surface area contributed by atoms with Crippen molar-refractivity contribution in [2.45, 2.75) is 40.2 Å². The van der Waals surface area contributed by atoms with Crippen LogP contribution in [-0.2, 0) is 11.3 Å². The number of rotatable bonds is 6. The predicted octanol–water partition coefficient (Wildman–Crippen LogP) is 3.24. The number of anilines is 1. The lowest BCUT2D eigenvalue weighted by Crippen LogP contribution is -2.41. The van der Waals surface area contributed by atoms with Gasteiger partial charge in [0.1, 0.15) is 17.1 Å². The summed E-state index contributed by atoms with van der Waals surface area (Å²) in [7, 11) is 0. The molecular formula is C23H26N6O5. The minimum Gasteiger partial charge on any atom is -0.360 e. The van der Waals surface area contributed by atoms with Crippen LogP contribution in [0.5, 0.6) is 0 Å². The van der Waals surface area contributed by atoms with Crippen molar-refractivity contribution in [3.05, 3.63) is 68.7 Å². The first-order valence-corrected chi connectivity index (χ1v) is 11.0. The molecule has 0 bridgehead atoms. The van der Waals surface area contributed by atoms with Crippen molar-refractivity contribution < 1.29 is 19.0 Å². The van der Waals surface area contributed by atoms with Crippen molar-refractivity contribution in [3.63, 3.8) is 0 Å². The topological polar surface area (TPSA) is 136 Å². The van der Waals surface area contributed by atoms with Gasteiger partial charge in [-0.25, -0.2) is 0 Å². The lowest BCUT2D eigenvalue weighted by Gasteiger charge is -2.31. The van der Waals surface area contributed by atoms with E-state index in [1.54, 1.807) is 48.6 Å². The molecule has 11 heteroatoms. The molecule has 3 aromatic rings. The second kappa shape index (κ2) is 9.46. The summed E-state index contributed by atoms with van der Waals surface area (Å²) >= 11 is 0. The molecule has 178 valence electrons. The van der Waals surface area contributed by atoms with E-state index < -0.39 is 4.92 Å². The number of benzene rings is 1. The Kier molecular flexibility index (Phi) is 6.44. The van der Waals surface area contributed by atoms with Crippen LogP contribution in [-0.4, -0.2) is 49.7 Å². The molecule has 0 spiro atoms. The summed E-state index contributed by atoms with van der Waals surface area (Å²) < 4.78 is 6.56. The molecule has 1 aliphatic heterocycles. The molecule has 0 aliphatic carbocycles. The van der Waals surface area contributed by atoms with Crippen LogP contribution in [0.15, 0.2) is 34.9 Å². The molecule has 0 unspecified atom stereocenters. The molecule has 0 radical (unpaired) electrons. The van der Waals surface area contributed by atoms with Gasteiger partial charge in [0, 0.05) is 30.6 Å². The van der Waals surface area contributed by atoms with Gasteiger partial charge in [0.05, 0.1) is 11.5 Å². The monoisotopic (exact) mass is 466 g/mol. The number of carbonyl (C=O) groups is 2. The molecule has 3 heterocycles. The van der Waals surface area contributed by atoms with Crippen molar-refractivity contribution in [1.29, 1.82) is 0 Å². The van der Waals surface area contributed by atoms with Crippen molar-refractivity contribution >= 4 is 23.3 Å². The van der Waals surface area contributed by atoms with Gasteiger partial charge in [0.25, 0.3) is 5.91 Å². The summed E-state index contributed by atoms with van der Waals surface area (Å²) in [4.78, 5) is 37.9. The number of nitrogens with one attached hydrogen (secondary N) is 1. The fourth-order valence-corrected chi connectivity index (χ4v) is 4.21. The van der Waals surface area contributed by atoms with E-state index in [-0.39, 0.29) is 23.4 Å². The van der Waals surface area contributed by atoms with Crippen LogP contribution >= 0.6 is 0 Å². The Balaban J connectivity index is 1.33. The Morgan fingerprint density at radius 1 is 1.18 bits per heavy atom. The van der Waals surface area contributed by atoms with Crippen molar-refractivity contribution in [2.24, 2.45) is 5.92 Å². The number of aryl methyl sites for hydroxylation is 2. The zero-order chi connectivity index (χ0) is 24.4. The highest BCUT2D eigenvalue weighted by molar-refractivity contribution is 5.95. The van der Waals surface area contributed by atoms with Crippen LogP contribution in [0.2, 0.25) is 0 Å². The summed E-state index contributed by atoms with van der Waals surface area (Å²) in [6.45, 7) is 6.40. The van der Waals surface area contributed by atoms with E-state index in [1.165, 1.54) is 0 Å². The van der Waals surface area contributed by atoms with Crippen LogP contribution in [0.25, 0.3) is 0 Å². The van der Waals surface area contributed by atoms with Gasteiger partial charge in [0.2, 0.25) is 5.91 Å². The highest BCUT2D eigenvalue weighted by atomic mass is 16.6. The first kappa shape index (κ1) is 23.1. The number of likely N-dealkylation sites (tertiary alicyclic amines) is 1. The Hall–Kier alpha value is -4.02. The molecule has 1 fully saturated rings. The average molecular weight is 466 g/mol.